The van der Waals surface area contributed by atoms with E-state index in [2.05, 4.69) is 27.9 Å². The highest BCUT2D eigenvalue weighted by molar-refractivity contribution is 7.18. The van der Waals surface area contributed by atoms with Crippen molar-refractivity contribution in [3.05, 3.63) is 17.3 Å². The highest BCUT2D eigenvalue weighted by Gasteiger charge is 2.44. The predicted octanol–water partition coefficient (Wildman–Crippen LogP) is 2.51. The lowest BCUT2D eigenvalue weighted by Gasteiger charge is -2.47. The van der Waals surface area contributed by atoms with Gasteiger partial charge >= 0.3 is 0 Å². The summed E-state index contributed by atoms with van der Waals surface area (Å²) in [5, 5.41) is 11.5. The van der Waals surface area contributed by atoms with E-state index in [1.165, 1.54) is 4.88 Å². The van der Waals surface area contributed by atoms with Crippen molar-refractivity contribution in [2.45, 2.75) is 44.3 Å². The van der Waals surface area contributed by atoms with Crippen molar-refractivity contribution < 1.29 is 9.84 Å². The van der Waals surface area contributed by atoms with Crippen LogP contribution >= 0.6 is 11.3 Å². The molecule has 0 saturated carbocycles. The monoisotopic (exact) mass is 319 g/mol. The number of aryl methyl sites for hydroxylation is 1. The predicted molar refractivity (Wildman–Crippen MR) is 87.5 cm³/mol. The molecule has 5 nitrogen and oxygen atoms in total. The van der Waals surface area contributed by atoms with Crippen LogP contribution in [0.15, 0.2) is 12.4 Å². The van der Waals surface area contributed by atoms with Gasteiger partial charge in [-0.1, -0.05) is 0 Å². The molecular weight excluding hydrogens is 298 g/mol. The maximum atomic E-state index is 10.3. The molecule has 1 spiro atoms. The van der Waals surface area contributed by atoms with Crippen LogP contribution < -0.4 is 4.90 Å². The fourth-order valence-corrected chi connectivity index (χ4v) is 4.54. The molecule has 6 heteroatoms. The van der Waals surface area contributed by atoms with Gasteiger partial charge in [0.1, 0.15) is 17.0 Å². The van der Waals surface area contributed by atoms with Crippen LogP contribution in [0.3, 0.4) is 0 Å². The van der Waals surface area contributed by atoms with Gasteiger partial charge in [-0.2, -0.15) is 0 Å². The van der Waals surface area contributed by atoms with Crippen LogP contribution in [0.2, 0.25) is 0 Å². The van der Waals surface area contributed by atoms with Crippen molar-refractivity contribution in [1.29, 1.82) is 0 Å². The van der Waals surface area contributed by atoms with E-state index < -0.39 is 0 Å². The number of piperidine rings is 1. The van der Waals surface area contributed by atoms with E-state index in [4.69, 9.17) is 4.74 Å². The summed E-state index contributed by atoms with van der Waals surface area (Å²) in [4.78, 5) is 13.5. The minimum Gasteiger partial charge on any atom is -0.390 e. The third kappa shape index (κ3) is 2.30. The summed E-state index contributed by atoms with van der Waals surface area (Å²) in [6.07, 6.45) is 4.89. The molecule has 118 valence electrons. The van der Waals surface area contributed by atoms with Gasteiger partial charge in [0.2, 0.25) is 0 Å². The fourth-order valence-electron chi connectivity index (χ4n) is 3.70. The molecule has 0 aliphatic carbocycles. The third-order valence-electron chi connectivity index (χ3n) is 4.96. The summed E-state index contributed by atoms with van der Waals surface area (Å²) < 4.78 is 5.99. The maximum Gasteiger partial charge on any atom is 0.140 e. The molecule has 2 aliphatic rings. The Morgan fingerprint density at radius 3 is 2.95 bits per heavy atom. The van der Waals surface area contributed by atoms with Gasteiger partial charge in [-0.25, -0.2) is 9.97 Å². The van der Waals surface area contributed by atoms with E-state index in [1.807, 2.05) is 0 Å². The Bertz CT molecular complexity index is 679. The van der Waals surface area contributed by atoms with E-state index in [9.17, 15) is 5.11 Å². The van der Waals surface area contributed by atoms with Crippen molar-refractivity contribution in [3.63, 3.8) is 0 Å². The lowest BCUT2D eigenvalue weighted by Crippen LogP contribution is -2.55. The second-order valence-electron chi connectivity index (χ2n) is 6.33. The van der Waals surface area contributed by atoms with E-state index in [-0.39, 0.29) is 11.7 Å². The maximum absolute atomic E-state index is 10.3. The van der Waals surface area contributed by atoms with E-state index in [0.29, 0.717) is 0 Å². The third-order valence-corrected chi connectivity index (χ3v) is 5.92. The number of hydrogen-bond acceptors (Lipinski definition) is 6. The van der Waals surface area contributed by atoms with Crippen molar-refractivity contribution in [3.8, 4) is 0 Å². The summed E-state index contributed by atoms with van der Waals surface area (Å²) in [6, 6.07) is 2.17. The second kappa shape index (κ2) is 5.44. The van der Waals surface area contributed by atoms with Crippen LogP contribution in [-0.2, 0) is 4.74 Å². The number of aliphatic hydroxyl groups excluding tert-OH is 1. The van der Waals surface area contributed by atoms with Crippen LogP contribution in [-0.4, -0.2) is 46.5 Å². The van der Waals surface area contributed by atoms with Crippen LogP contribution in [0.4, 0.5) is 5.82 Å². The highest BCUT2D eigenvalue weighted by atomic mass is 32.1. The van der Waals surface area contributed by atoms with Crippen LogP contribution in [0, 0.1) is 6.92 Å². The molecule has 0 aromatic carbocycles. The summed E-state index contributed by atoms with van der Waals surface area (Å²) in [5.74, 6) is 1.02. The van der Waals surface area contributed by atoms with Crippen molar-refractivity contribution in [1.82, 2.24) is 9.97 Å². The van der Waals surface area contributed by atoms with Crippen LogP contribution in [0.1, 0.15) is 30.6 Å². The minimum absolute atomic E-state index is 0.322. The molecule has 1 atom stereocenters. The van der Waals surface area contributed by atoms with E-state index in [0.717, 1.165) is 61.4 Å². The van der Waals surface area contributed by atoms with E-state index >= 15 is 0 Å². The van der Waals surface area contributed by atoms with Gasteiger partial charge in [-0.15, -0.1) is 11.3 Å². The summed E-state index contributed by atoms with van der Waals surface area (Å²) >= 11 is 1.71. The number of nitrogens with zero attached hydrogens (tertiary/aromatic N) is 3. The highest BCUT2D eigenvalue weighted by Crippen LogP contribution is 2.38. The first-order valence-electron chi connectivity index (χ1n) is 7.96. The Kier molecular flexibility index (Phi) is 3.55. The average molecular weight is 319 g/mol. The zero-order valence-electron chi connectivity index (χ0n) is 12.8. The van der Waals surface area contributed by atoms with Crippen LogP contribution in [0.5, 0.6) is 0 Å². The van der Waals surface area contributed by atoms with Gasteiger partial charge in [-0.05, 0) is 38.7 Å². The minimum atomic E-state index is -0.328. The first kappa shape index (κ1) is 14.4. The Labute approximate surface area is 133 Å². The number of rotatable bonds is 1. The van der Waals surface area contributed by atoms with Gasteiger partial charge in [0, 0.05) is 24.6 Å². The molecule has 22 heavy (non-hydrogen) atoms. The van der Waals surface area contributed by atoms with Crippen LogP contribution in [0.25, 0.3) is 10.2 Å². The molecule has 2 aromatic heterocycles. The lowest BCUT2D eigenvalue weighted by atomic mass is 9.82. The SMILES string of the molecule is Cc1cc2c(N3CCC4(CC3)OCCC[C@@H]4O)ncnc2s1. The normalized spacial score (nSPS) is 25.0. The fraction of sp³-hybridized carbons (Fsp3) is 0.625. The number of anilines is 1. The van der Waals surface area contributed by atoms with Crippen molar-refractivity contribution >= 4 is 27.4 Å². The Balaban J connectivity index is 1.58. The molecule has 1 N–H and O–H groups in total. The standard InChI is InChI=1S/C16H21N3O2S/c1-11-9-12-14(17-10-18-15(12)22-11)19-6-4-16(5-7-19)13(20)3-2-8-21-16/h9-10,13,20H,2-8H2,1H3/t13-/m0/s1. The van der Waals surface area contributed by atoms with Gasteiger partial charge < -0.3 is 14.7 Å². The van der Waals surface area contributed by atoms with Crippen molar-refractivity contribution in [2.75, 3.05) is 24.6 Å². The molecule has 0 amide bonds. The quantitative estimate of drug-likeness (QED) is 0.875. The summed E-state index contributed by atoms with van der Waals surface area (Å²) in [5.41, 5.74) is -0.328. The summed E-state index contributed by atoms with van der Waals surface area (Å²) in [6.45, 7) is 4.63. The molecule has 2 aliphatic heterocycles. The number of aliphatic hydroxyl groups is 1. The zero-order chi connectivity index (χ0) is 15.2. The molecule has 0 radical (unpaired) electrons. The zero-order valence-corrected chi connectivity index (χ0v) is 13.6. The number of hydrogen-bond donors (Lipinski definition) is 1. The molecule has 4 rings (SSSR count). The van der Waals surface area contributed by atoms with Gasteiger partial charge in [0.25, 0.3) is 0 Å². The van der Waals surface area contributed by atoms with Gasteiger partial charge in [0.15, 0.2) is 0 Å². The Morgan fingerprint density at radius 2 is 2.18 bits per heavy atom. The Morgan fingerprint density at radius 1 is 1.36 bits per heavy atom. The van der Waals surface area contributed by atoms with E-state index in [1.54, 1.807) is 17.7 Å². The number of ether oxygens (including phenoxy) is 1. The molecule has 2 aromatic rings. The van der Waals surface area contributed by atoms with Crippen molar-refractivity contribution in [2.24, 2.45) is 0 Å². The first-order valence-corrected chi connectivity index (χ1v) is 8.78. The number of fused-ring (bicyclic) bond motifs is 1. The largest absolute Gasteiger partial charge is 0.390 e. The molecule has 2 saturated heterocycles. The molecule has 0 bridgehead atoms. The second-order valence-corrected chi connectivity index (χ2v) is 7.57. The Hall–Kier alpha value is -1.24. The first-order chi connectivity index (χ1) is 10.7. The molecule has 4 heterocycles. The smallest absolute Gasteiger partial charge is 0.140 e. The molecule has 2 fully saturated rings. The molecule has 0 unspecified atom stereocenters. The lowest BCUT2D eigenvalue weighted by molar-refractivity contribution is -0.164. The number of aromatic nitrogens is 2. The average Bonchev–Trinajstić information content (AvgIpc) is 2.91. The number of thiophene rings is 1. The van der Waals surface area contributed by atoms with Gasteiger partial charge in [0.05, 0.1) is 17.1 Å². The van der Waals surface area contributed by atoms with Gasteiger partial charge in [-0.3, -0.25) is 0 Å². The topological polar surface area (TPSA) is 58.5 Å². The molecular formula is C16H21N3O2S. The summed E-state index contributed by atoms with van der Waals surface area (Å²) in [7, 11) is 0.